The van der Waals surface area contributed by atoms with E-state index in [9.17, 15) is 9.59 Å². The summed E-state index contributed by atoms with van der Waals surface area (Å²) >= 11 is 0. The van der Waals surface area contributed by atoms with Gasteiger partial charge in [0.2, 0.25) is 0 Å². The molecule has 0 aliphatic carbocycles. The second-order valence-corrected chi connectivity index (χ2v) is 2.75. The van der Waals surface area contributed by atoms with Gasteiger partial charge in [-0.1, -0.05) is 0 Å². The normalized spacial score (nSPS) is 9.44. The summed E-state index contributed by atoms with van der Waals surface area (Å²) in [5.74, 6) is -1.00. The van der Waals surface area contributed by atoms with E-state index in [2.05, 4.69) is 14.5 Å². The molecule has 1 rings (SSSR count). The van der Waals surface area contributed by atoms with Gasteiger partial charge >= 0.3 is 11.9 Å². The van der Waals surface area contributed by atoms with Crippen molar-refractivity contribution in [2.24, 2.45) is 0 Å². The first-order valence-electron chi connectivity index (χ1n) is 4.34. The number of rotatable bonds is 3. The van der Waals surface area contributed by atoms with Gasteiger partial charge in [0.1, 0.15) is 11.3 Å². The minimum atomic E-state index is -0.632. The third-order valence-corrected chi connectivity index (χ3v) is 1.89. The lowest BCUT2D eigenvalue weighted by atomic mass is 10.2. The quantitative estimate of drug-likeness (QED) is 0.703. The summed E-state index contributed by atoms with van der Waals surface area (Å²) in [6.45, 7) is 0. The third kappa shape index (κ3) is 2.28. The maximum atomic E-state index is 11.4. The van der Waals surface area contributed by atoms with Crippen molar-refractivity contribution in [2.75, 3.05) is 21.3 Å². The van der Waals surface area contributed by atoms with Gasteiger partial charge in [-0.3, -0.25) is 0 Å². The summed E-state index contributed by atoms with van der Waals surface area (Å²) < 4.78 is 14.0. The van der Waals surface area contributed by atoms with Crippen LogP contribution in [0.3, 0.4) is 0 Å². The Hall–Kier alpha value is -2.11. The molecule has 16 heavy (non-hydrogen) atoms. The standard InChI is InChI=1S/C10H11NO5/c1-14-8-5-11-7(10(13)16-3)4-6(8)9(12)15-2/h4-5H,1-3H3. The molecule has 6 nitrogen and oxygen atoms in total. The van der Waals surface area contributed by atoms with Gasteiger partial charge < -0.3 is 14.2 Å². The maximum Gasteiger partial charge on any atom is 0.356 e. The molecule has 6 heteroatoms. The molecule has 86 valence electrons. The Morgan fingerprint density at radius 3 is 2.25 bits per heavy atom. The van der Waals surface area contributed by atoms with E-state index in [0.717, 1.165) is 0 Å². The van der Waals surface area contributed by atoms with E-state index >= 15 is 0 Å². The molecule has 0 aromatic carbocycles. The summed E-state index contributed by atoms with van der Waals surface area (Å²) in [7, 11) is 3.85. The molecule has 0 N–H and O–H groups in total. The maximum absolute atomic E-state index is 11.4. The van der Waals surface area contributed by atoms with Crippen molar-refractivity contribution in [3.8, 4) is 5.75 Å². The first-order chi connectivity index (χ1) is 7.63. The lowest BCUT2D eigenvalue weighted by Crippen LogP contribution is -2.10. The van der Waals surface area contributed by atoms with Gasteiger partial charge in [-0.15, -0.1) is 0 Å². The number of aromatic nitrogens is 1. The molecular weight excluding hydrogens is 214 g/mol. The summed E-state index contributed by atoms with van der Waals surface area (Å²) in [5, 5.41) is 0. The summed E-state index contributed by atoms with van der Waals surface area (Å²) in [5.41, 5.74) is 0.143. The van der Waals surface area contributed by atoms with Crippen LogP contribution in [0.25, 0.3) is 0 Å². The number of carbonyl (C=O) groups is 2. The molecular formula is C10H11NO5. The summed E-state index contributed by atoms with van der Waals surface area (Å²) in [6.07, 6.45) is 1.26. The molecule has 0 bridgehead atoms. The molecule has 0 amide bonds. The van der Waals surface area contributed by atoms with Gasteiger partial charge in [0, 0.05) is 0 Å². The van der Waals surface area contributed by atoms with Crippen molar-refractivity contribution in [3.05, 3.63) is 23.5 Å². The topological polar surface area (TPSA) is 74.7 Å². The van der Waals surface area contributed by atoms with Crippen LogP contribution in [-0.2, 0) is 9.47 Å². The zero-order chi connectivity index (χ0) is 12.1. The molecule has 0 saturated heterocycles. The second kappa shape index (κ2) is 5.11. The largest absolute Gasteiger partial charge is 0.494 e. The molecule has 0 unspecified atom stereocenters. The third-order valence-electron chi connectivity index (χ3n) is 1.89. The van der Waals surface area contributed by atoms with E-state index in [0.29, 0.717) is 0 Å². The Labute approximate surface area is 92.1 Å². The summed E-state index contributed by atoms with van der Waals surface area (Å²) in [4.78, 5) is 26.4. The summed E-state index contributed by atoms with van der Waals surface area (Å²) in [6, 6.07) is 1.26. The van der Waals surface area contributed by atoms with Gasteiger partial charge in [0.15, 0.2) is 5.75 Å². The Balaban J connectivity index is 3.21. The first-order valence-corrected chi connectivity index (χ1v) is 4.34. The highest BCUT2D eigenvalue weighted by Gasteiger charge is 2.17. The van der Waals surface area contributed by atoms with Crippen LogP contribution in [0.5, 0.6) is 5.75 Å². The zero-order valence-electron chi connectivity index (χ0n) is 9.14. The lowest BCUT2D eigenvalue weighted by molar-refractivity contribution is 0.0592. The van der Waals surface area contributed by atoms with Crippen LogP contribution >= 0.6 is 0 Å². The van der Waals surface area contributed by atoms with Crippen molar-refractivity contribution in [1.82, 2.24) is 4.98 Å². The highest BCUT2D eigenvalue weighted by molar-refractivity contribution is 5.96. The van der Waals surface area contributed by atoms with Gasteiger partial charge in [-0.25, -0.2) is 14.6 Å². The highest BCUT2D eigenvalue weighted by Crippen LogP contribution is 2.18. The molecule has 0 saturated carbocycles. The van der Waals surface area contributed by atoms with Gasteiger partial charge in [-0.2, -0.15) is 0 Å². The van der Waals surface area contributed by atoms with Gasteiger partial charge in [0.25, 0.3) is 0 Å². The van der Waals surface area contributed by atoms with Crippen LogP contribution < -0.4 is 4.74 Å². The predicted octanol–water partition coefficient (Wildman–Crippen LogP) is 0.663. The van der Waals surface area contributed by atoms with Crippen molar-refractivity contribution < 1.29 is 23.8 Å². The average Bonchev–Trinajstić information content (AvgIpc) is 2.35. The monoisotopic (exact) mass is 225 g/mol. The zero-order valence-corrected chi connectivity index (χ0v) is 9.14. The van der Waals surface area contributed by atoms with Crippen LogP contribution in [0.2, 0.25) is 0 Å². The fourth-order valence-corrected chi connectivity index (χ4v) is 1.09. The number of methoxy groups -OCH3 is 3. The van der Waals surface area contributed by atoms with Gasteiger partial charge in [-0.05, 0) is 6.07 Å². The van der Waals surface area contributed by atoms with Crippen molar-refractivity contribution in [3.63, 3.8) is 0 Å². The number of carbonyl (C=O) groups excluding carboxylic acids is 2. The number of esters is 2. The van der Waals surface area contributed by atoms with E-state index < -0.39 is 11.9 Å². The molecule has 0 atom stereocenters. The van der Waals surface area contributed by atoms with Crippen molar-refractivity contribution >= 4 is 11.9 Å². The fraction of sp³-hybridized carbons (Fsp3) is 0.300. The number of ether oxygens (including phenoxy) is 3. The Bertz CT molecular complexity index is 416. The number of pyridine rings is 1. The Morgan fingerprint density at radius 1 is 1.12 bits per heavy atom. The van der Waals surface area contributed by atoms with E-state index in [-0.39, 0.29) is 17.0 Å². The second-order valence-electron chi connectivity index (χ2n) is 2.75. The fourth-order valence-electron chi connectivity index (χ4n) is 1.09. The Kier molecular flexibility index (Phi) is 3.82. The average molecular weight is 225 g/mol. The molecule has 0 fully saturated rings. The number of hydrogen-bond acceptors (Lipinski definition) is 6. The molecule has 1 aromatic rings. The Morgan fingerprint density at radius 2 is 1.75 bits per heavy atom. The van der Waals surface area contributed by atoms with Crippen LogP contribution in [0.15, 0.2) is 12.3 Å². The number of nitrogens with zero attached hydrogens (tertiary/aromatic N) is 1. The molecule has 0 aliphatic heterocycles. The molecule has 1 heterocycles. The predicted molar refractivity (Wildman–Crippen MR) is 53.5 cm³/mol. The van der Waals surface area contributed by atoms with E-state index in [1.807, 2.05) is 0 Å². The molecule has 0 aliphatic rings. The molecule has 0 spiro atoms. The smallest absolute Gasteiger partial charge is 0.356 e. The van der Waals surface area contributed by atoms with Gasteiger partial charge in [0.05, 0.1) is 27.5 Å². The minimum Gasteiger partial charge on any atom is -0.494 e. The van der Waals surface area contributed by atoms with Crippen LogP contribution in [0.4, 0.5) is 0 Å². The van der Waals surface area contributed by atoms with E-state index in [1.165, 1.54) is 33.6 Å². The van der Waals surface area contributed by atoms with E-state index in [1.54, 1.807) is 0 Å². The minimum absolute atomic E-state index is 0.0173. The van der Waals surface area contributed by atoms with Crippen LogP contribution in [0.1, 0.15) is 20.8 Å². The van der Waals surface area contributed by atoms with Crippen molar-refractivity contribution in [1.29, 1.82) is 0 Å². The number of hydrogen-bond donors (Lipinski definition) is 0. The SMILES string of the molecule is COC(=O)c1cc(C(=O)OC)c(OC)cn1. The first kappa shape index (κ1) is 12.0. The van der Waals surface area contributed by atoms with E-state index in [4.69, 9.17) is 4.74 Å². The molecule has 1 aromatic heterocycles. The van der Waals surface area contributed by atoms with Crippen LogP contribution in [0, 0.1) is 0 Å². The highest BCUT2D eigenvalue weighted by atomic mass is 16.5. The van der Waals surface area contributed by atoms with Crippen molar-refractivity contribution in [2.45, 2.75) is 0 Å². The molecule has 0 radical (unpaired) electrons. The lowest BCUT2D eigenvalue weighted by Gasteiger charge is -2.07. The van der Waals surface area contributed by atoms with Crippen LogP contribution in [-0.4, -0.2) is 38.3 Å².